The highest BCUT2D eigenvalue weighted by Crippen LogP contribution is 2.39. The van der Waals surface area contributed by atoms with Gasteiger partial charge in [-0.3, -0.25) is 9.59 Å². The van der Waals surface area contributed by atoms with E-state index in [0.29, 0.717) is 50.3 Å². The maximum absolute atomic E-state index is 13.9. The number of amides is 1. The summed E-state index contributed by atoms with van der Waals surface area (Å²) in [5.74, 6) is 0.776. The fourth-order valence-electron chi connectivity index (χ4n) is 5.37. The van der Waals surface area contributed by atoms with Crippen LogP contribution in [0.25, 0.3) is 16.2 Å². The fourth-order valence-corrected chi connectivity index (χ4v) is 6.87. The van der Waals surface area contributed by atoms with Crippen LogP contribution in [0.4, 0.5) is 4.39 Å². The zero-order valence-electron chi connectivity index (χ0n) is 19.6. The smallest absolute Gasteiger partial charge is 0.266 e. The molecule has 6 rings (SSSR count). The number of rotatable bonds is 4. The zero-order chi connectivity index (χ0) is 24.8. The Labute approximate surface area is 217 Å². The first-order valence-corrected chi connectivity index (χ1v) is 13.5. The van der Waals surface area contributed by atoms with Crippen molar-refractivity contribution in [3.05, 3.63) is 62.7 Å². The summed E-state index contributed by atoms with van der Waals surface area (Å²) in [5, 5.41) is 1.02. The quantitative estimate of drug-likeness (QED) is 0.393. The Hall–Kier alpha value is -2.90. The molecule has 0 N–H and O–H groups in total. The third kappa shape index (κ3) is 4.28. The molecule has 0 atom stereocenters. The van der Waals surface area contributed by atoms with Crippen molar-refractivity contribution in [2.45, 2.75) is 44.6 Å². The molecule has 2 aromatic carbocycles. The minimum absolute atomic E-state index is 0.00250. The van der Waals surface area contributed by atoms with Crippen LogP contribution in [-0.2, 0) is 11.2 Å². The van der Waals surface area contributed by atoms with Crippen LogP contribution in [-0.4, -0.2) is 42.4 Å². The van der Waals surface area contributed by atoms with Gasteiger partial charge >= 0.3 is 0 Å². The number of ketones is 1. The standard InChI is InChI=1S/C28H25ClFNO4S/c29-26-21-7-6-19(30)14-25(21)36-27(26)28(33)31(20-4-2-1-3-5-20)15-18-10-16-12-23-24(35-9-8-34-23)13-17(16)11-22(18)32/h6-7,10,12-14,20H,1-5,8-9,11,15H2. The number of nitrogens with zero attached hydrogens (tertiary/aromatic N) is 1. The summed E-state index contributed by atoms with van der Waals surface area (Å²) < 4.78 is 25.9. The maximum atomic E-state index is 13.9. The molecule has 0 saturated heterocycles. The van der Waals surface area contributed by atoms with E-state index in [1.165, 1.54) is 23.5 Å². The second-order valence-corrected chi connectivity index (χ2v) is 11.0. The molecule has 1 fully saturated rings. The van der Waals surface area contributed by atoms with Gasteiger partial charge in [-0.25, -0.2) is 4.39 Å². The van der Waals surface area contributed by atoms with Gasteiger partial charge in [0.25, 0.3) is 5.91 Å². The van der Waals surface area contributed by atoms with Crippen LogP contribution in [0.2, 0.25) is 5.02 Å². The summed E-state index contributed by atoms with van der Waals surface area (Å²) in [6.07, 6.45) is 7.14. The van der Waals surface area contributed by atoms with Gasteiger partial charge in [0, 0.05) is 34.7 Å². The second kappa shape index (κ2) is 9.52. The average molecular weight is 526 g/mol. The molecular weight excluding hydrogens is 501 g/mol. The summed E-state index contributed by atoms with van der Waals surface area (Å²) in [4.78, 5) is 29.3. The number of thiophene rings is 1. The minimum atomic E-state index is -0.364. The lowest BCUT2D eigenvalue weighted by Crippen LogP contribution is -2.43. The molecule has 0 spiro atoms. The van der Waals surface area contributed by atoms with Crippen molar-refractivity contribution in [3.63, 3.8) is 0 Å². The molecule has 1 aromatic heterocycles. The summed E-state index contributed by atoms with van der Waals surface area (Å²) in [6.45, 7) is 1.20. The van der Waals surface area contributed by atoms with Gasteiger partial charge in [-0.2, -0.15) is 0 Å². The number of ether oxygens (including phenoxy) is 2. The molecule has 1 saturated carbocycles. The molecule has 1 aliphatic heterocycles. The Balaban J connectivity index is 1.36. The van der Waals surface area contributed by atoms with Crippen molar-refractivity contribution in [1.29, 1.82) is 0 Å². The lowest BCUT2D eigenvalue weighted by atomic mass is 9.89. The summed E-state index contributed by atoms with van der Waals surface area (Å²) in [5.41, 5.74) is 2.42. The lowest BCUT2D eigenvalue weighted by molar-refractivity contribution is -0.115. The Morgan fingerprint density at radius 3 is 2.61 bits per heavy atom. The summed E-state index contributed by atoms with van der Waals surface area (Å²) in [6, 6.07) is 8.20. The highest BCUT2D eigenvalue weighted by atomic mass is 35.5. The van der Waals surface area contributed by atoms with E-state index >= 15 is 0 Å². The minimum Gasteiger partial charge on any atom is -0.486 e. The van der Waals surface area contributed by atoms with Crippen molar-refractivity contribution in [2.75, 3.05) is 19.8 Å². The van der Waals surface area contributed by atoms with Crippen molar-refractivity contribution < 1.29 is 23.5 Å². The van der Waals surface area contributed by atoms with Crippen LogP contribution in [0.5, 0.6) is 11.5 Å². The normalized spacial score (nSPS) is 17.6. The van der Waals surface area contributed by atoms with Crippen molar-refractivity contribution >= 4 is 50.8 Å². The first-order chi connectivity index (χ1) is 17.5. The van der Waals surface area contributed by atoms with E-state index < -0.39 is 0 Å². The van der Waals surface area contributed by atoms with Gasteiger partial charge in [0.1, 0.15) is 23.9 Å². The largest absolute Gasteiger partial charge is 0.486 e. The Morgan fingerprint density at radius 2 is 1.83 bits per heavy atom. The molecule has 0 bridgehead atoms. The number of carbonyl (C=O) groups excluding carboxylic acids is 2. The topological polar surface area (TPSA) is 55.8 Å². The van der Waals surface area contributed by atoms with E-state index in [0.717, 1.165) is 43.2 Å². The van der Waals surface area contributed by atoms with Crippen molar-refractivity contribution in [3.8, 4) is 11.5 Å². The first-order valence-electron chi connectivity index (χ1n) is 12.3. The van der Waals surface area contributed by atoms with Gasteiger partial charge in [-0.05, 0) is 60.4 Å². The van der Waals surface area contributed by atoms with E-state index in [9.17, 15) is 14.0 Å². The first kappa shape index (κ1) is 23.5. The molecule has 36 heavy (non-hydrogen) atoms. The number of carbonyl (C=O) groups is 2. The predicted octanol–water partition coefficient (Wildman–Crippen LogP) is 6.45. The molecule has 186 valence electrons. The predicted molar refractivity (Wildman–Crippen MR) is 139 cm³/mol. The monoisotopic (exact) mass is 525 g/mol. The van der Waals surface area contributed by atoms with Crippen LogP contribution in [0, 0.1) is 5.82 Å². The third-order valence-corrected chi connectivity index (χ3v) is 8.89. The molecule has 1 amide bonds. The van der Waals surface area contributed by atoms with Crippen LogP contribution in [0.1, 0.15) is 52.9 Å². The summed E-state index contributed by atoms with van der Waals surface area (Å²) >= 11 is 7.83. The van der Waals surface area contributed by atoms with Gasteiger partial charge in [0.05, 0.1) is 5.02 Å². The number of benzene rings is 2. The maximum Gasteiger partial charge on any atom is 0.266 e. The summed E-state index contributed by atoms with van der Waals surface area (Å²) in [7, 11) is 0. The molecule has 0 radical (unpaired) electrons. The van der Waals surface area contributed by atoms with Crippen LogP contribution in [0.3, 0.4) is 0 Å². The van der Waals surface area contributed by atoms with Gasteiger partial charge in [-0.15, -0.1) is 11.3 Å². The molecule has 3 aliphatic rings. The van der Waals surface area contributed by atoms with Gasteiger partial charge < -0.3 is 14.4 Å². The molecule has 0 unspecified atom stereocenters. The number of halogens is 2. The van der Waals surface area contributed by atoms with Crippen molar-refractivity contribution in [1.82, 2.24) is 4.90 Å². The van der Waals surface area contributed by atoms with E-state index in [1.54, 1.807) is 6.07 Å². The lowest BCUT2D eigenvalue weighted by Gasteiger charge is -2.35. The van der Waals surface area contributed by atoms with E-state index in [4.69, 9.17) is 21.1 Å². The Morgan fingerprint density at radius 1 is 1.08 bits per heavy atom. The average Bonchev–Trinajstić information content (AvgIpc) is 3.21. The number of Topliss-reactive ketones (excluding diaryl/α,β-unsaturated/α-hetero) is 1. The molecule has 2 heterocycles. The van der Waals surface area contributed by atoms with Crippen LogP contribution < -0.4 is 9.47 Å². The van der Waals surface area contributed by atoms with Crippen LogP contribution in [0.15, 0.2) is 35.9 Å². The molecular formula is C28H25ClFNO4S. The highest BCUT2D eigenvalue weighted by molar-refractivity contribution is 7.21. The van der Waals surface area contributed by atoms with Gasteiger partial charge in [-0.1, -0.05) is 30.9 Å². The zero-order valence-corrected chi connectivity index (χ0v) is 21.2. The van der Waals surface area contributed by atoms with E-state index in [1.807, 2.05) is 23.1 Å². The van der Waals surface area contributed by atoms with Gasteiger partial charge in [0.2, 0.25) is 0 Å². The number of fused-ring (bicyclic) bond motifs is 3. The number of hydrogen-bond acceptors (Lipinski definition) is 5. The second-order valence-electron chi connectivity index (χ2n) is 9.57. The Bertz CT molecular complexity index is 1410. The molecule has 8 heteroatoms. The van der Waals surface area contributed by atoms with Gasteiger partial charge in [0.15, 0.2) is 17.3 Å². The molecule has 3 aromatic rings. The van der Waals surface area contributed by atoms with Crippen molar-refractivity contribution in [2.24, 2.45) is 0 Å². The van der Waals surface area contributed by atoms with E-state index in [-0.39, 0.29) is 36.5 Å². The third-order valence-electron chi connectivity index (χ3n) is 7.25. The van der Waals surface area contributed by atoms with E-state index in [2.05, 4.69) is 0 Å². The number of hydrogen-bond donors (Lipinski definition) is 0. The SMILES string of the molecule is O=C1Cc2cc3c(cc2C=C1CN(C(=O)c1sc2cc(F)ccc2c1Cl)C1CCCCC1)OCCO3. The highest BCUT2D eigenvalue weighted by Gasteiger charge is 2.32. The van der Waals surface area contributed by atoms with Crippen LogP contribution >= 0.6 is 22.9 Å². The fraction of sp³-hybridized carbons (Fsp3) is 0.357. The Kier molecular flexibility index (Phi) is 6.21. The molecule has 5 nitrogen and oxygen atoms in total. The molecule has 2 aliphatic carbocycles.